The van der Waals surface area contributed by atoms with E-state index in [9.17, 15) is 13.6 Å². The zero-order valence-corrected chi connectivity index (χ0v) is 10.3. The average Bonchev–Trinajstić information content (AvgIpc) is 2.75. The molecule has 0 spiro atoms. The first-order valence-corrected chi connectivity index (χ1v) is 5.74. The van der Waals surface area contributed by atoms with Gasteiger partial charge in [-0.2, -0.15) is 0 Å². The molecule has 0 fully saturated rings. The second-order valence-corrected chi connectivity index (χ2v) is 4.00. The molecule has 100 valence electrons. The van der Waals surface area contributed by atoms with Crippen LogP contribution in [0.1, 0.15) is 17.4 Å². The molecule has 0 radical (unpaired) electrons. The quantitative estimate of drug-likeness (QED) is 0.896. The number of nitrogens with one attached hydrogen (secondary N) is 1. The van der Waals surface area contributed by atoms with E-state index in [0.29, 0.717) is 12.2 Å². The summed E-state index contributed by atoms with van der Waals surface area (Å²) >= 11 is 0. The molecule has 2 aromatic rings. The van der Waals surface area contributed by atoms with E-state index >= 15 is 0 Å². The molecule has 3 N–H and O–H groups in total. The number of para-hydroxylation sites is 1. The maximum atomic E-state index is 13.4. The highest BCUT2D eigenvalue weighted by Gasteiger charge is 2.16. The van der Waals surface area contributed by atoms with E-state index in [4.69, 9.17) is 5.73 Å². The van der Waals surface area contributed by atoms with E-state index in [-0.39, 0.29) is 5.69 Å². The van der Waals surface area contributed by atoms with Crippen LogP contribution in [0, 0.1) is 11.6 Å². The van der Waals surface area contributed by atoms with Crippen molar-refractivity contribution in [3.8, 4) is 0 Å². The Morgan fingerprint density at radius 2 is 2.00 bits per heavy atom. The highest BCUT2D eigenvalue weighted by Crippen LogP contribution is 2.20. The van der Waals surface area contributed by atoms with Crippen molar-refractivity contribution in [3.63, 3.8) is 0 Å². The molecule has 1 aromatic heterocycles. The van der Waals surface area contributed by atoms with E-state index in [0.717, 1.165) is 12.1 Å². The van der Waals surface area contributed by atoms with Crippen LogP contribution in [0.2, 0.25) is 0 Å². The van der Waals surface area contributed by atoms with Crippen LogP contribution in [0.5, 0.6) is 0 Å². The molecular weight excluding hydrogens is 252 g/mol. The first-order valence-electron chi connectivity index (χ1n) is 5.74. The maximum Gasteiger partial charge on any atom is 0.272 e. The Morgan fingerprint density at radius 1 is 1.37 bits per heavy atom. The lowest BCUT2D eigenvalue weighted by atomic mass is 10.2. The van der Waals surface area contributed by atoms with Crippen molar-refractivity contribution in [1.82, 2.24) is 4.57 Å². The van der Waals surface area contributed by atoms with Crippen molar-refractivity contribution in [2.24, 2.45) is 0 Å². The first-order chi connectivity index (χ1) is 9.02. The molecule has 0 saturated carbocycles. The number of hydrogen-bond donors (Lipinski definition) is 2. The van der Waals surface area contributed by atoms with Crippen LogP contribution in [-0.4, -0.2) is 10.5 Å². The Hall–Kier alpha value is -2.37. The fourth-order valence-electron chi connectivity index (χ4n) is 1.78. The van der Waals surface area contributed by atoms with Crippen LogP contribution in [-0.2, 0) is 6.54 Å². The number of nitrogens with two attached hydrogens (primary N) is 1. The minimum absolute atomic E-state index is 0.252. The summed E-state index contributed by atoms with van der Waals surface area (Å²) < 4.78 is 28.5. The fraction of sp³-hybridized carbons (Fsp3) is 0.154. The number of carbonyl (C=O) groups excluding carboxylic acids is 1. The second kappa shape index (κ2) is 5.09. The van der Waals surface area contributed by atoms with Gasteiger partial charge in [-0.25, -0.2) is 8.78 Å². The first kappa shape index (κ1) is 13.1. The number of hydrogen-bond acceptors (Lipinski definition) is 2. The van der Waals surface area contributed by atoms with Gasteiger partial charge in [-0.1, -0.05) is 6.07 Å². The zero-order chi connectivity index (χ0) is 14.0. The van der Waals surface area contributed by atoms with Crippen LogP contribution in [0.4, 0.5) is 20.2 Å². The Bertz CT molecular complexity index is 602. The summed E-state index contributed by atoms with van der Waals surface area (Å²) in [5.41, 5.74) is 5.80. The van der Waals surface area contributed by atoms with Crippen LogP contribution in [0.15, 0.2) is 30.5 Å². The van der Waals surface area contributed by atoms with Gasteiger partial charge in [0.25, 0.3) is 5.91 Å². The summed E-state index contributed by atoms with van der Waals surface area (Å²) in [5.74, 6) is -2.26. The van der Waals surface area contributed by atoms with Gasteiger partial charge in [-0.3, -0.25) is 4.79 Å². The molecule has 0 saturated heterocycles. The highest BCUT2D eigenvalue weighted by atomic mass is 19.1. The molecular formula is C13H13F2N3O. The summed E-state index contributed by atoms with van der Waals surface area (Å²) in [7, 11) is 0. The largest absolute Gasteiger partial charge is 0.397 e. The topological polar surface area (TPSA) is 60.0 Å². The summed E-state index contributed by atoms with van der Waals surface area (Å²) in [5, 5.41) is 2.22. The van der Waals surface area contributed by atoms with Gasteiger partial charge in [0.15, 0.2) is 0 Å². The van der Waals surface area contributed by atoms with Crippen LogP contribution in [0.25, 0.3) is 0 Å². The van der Waals surface area contributed by atoms with Crippen molar-refractivity contribution in [2.45, 2.75) is 13.5 Å². The smallest absolute Gasteiger partial charge is 0.272 e. The molecule has 2 rings (SSSR count). The Labute approximate surface area is 108 Å². The number of aromatic nitrogens is 1. The van der Waals surface area contributed by atoms with E-state index in [1.54, 1.807) is 10.8 Å². The van der Waals surface area contributed by atoms with E-state index in [1.165, 1.54) is 12.1 Å². The van der Waals surface area contributed by atoms with E-state index < -0.39 is 23.2 Å². The standard InChI is InChI=1S/C13H13F2N3O/c1-2-18-7-8(16)6-11(18)13(19)17-12-9(14)4-3-5-10(12)15/h3-7H,2,16H2,1H3,(H,17,19). The molecule has 0 aliphatic carbocycles. The lowest BCUT2D eigenvalue weighted by molar-refractivity contribution is 0.101. The molecule has 0 aliphatic rings. The van der Waals surface area contributed by atoms with Crippen molar-refractivity contribution in [3.05, 3.63) is 47.8 Å². The normalized spacial score (nSPS) is 10.5. The molecule has 1 aromatic carbocycles. The number of carbonyl (C=O) groups is 1. The summed E-state index contributed by atoms with van der Waals surface area (Å²) in [6, 6.07) is 4.84. The number of rotatable bonds is 3. The van der Waals surface area contributed by atoms with Crippen molar-refractivity contribution < 1.29 is 13.6 Å². The maximum absolute atomic E-state index is 13.4. The molecule has 6 heteroatoms. The molecule has 0 bridgehead atoms. The Balaban J connectivity index is 2.31. The highest BCUT2D eigenvalue weighted by molar-refractivity contribution is 6.04. The van der Waals surface area contributed by atoms with Gasteiger partial charge in [-0.15, -0.1) is 0 Å². The predicted octanol–water partition coefficient (Wildman–Crippen LogP) is 2.62. The molecule has 0 aliphatic heterocycles. The number of benzene rings is 1. The van der Waals surface area contributed by atoms with Gasteiger partial charge in [0, 0.05) is 12.7 Å². The molecule has 4 nitrogen and oxygen atoms in total. The molecule has 19 heavy (non-hydrogen) atoms. The summed E-state index contributed by atoms with van der Waals surface area (Å²) in [6.45, 7) is 2.36. The summed E-state index contributed by atoms with van der Waals surface area (Å²) in [4.78, 5) is 12.0. The van der Waals surface area contributed by atoms with Gasteiger partial charge >= 0.3 is 0 Å². The lowest BCUT2D eigenvalue weighted by Crippen LogP contribution is -2.18. The van der Waals surface area contributed by atoms with Crippen LogP contribution in [0.3, 0.4) is 0 Å². The van der Waals surface area contributed by atoms with Crippen LogP contribution >= 0.6 is 0 Å². The van der Waals surface area contributed by atoms with Gasteiger partial charge in [0.1, 0.15) is 23.0 Å². The Morgan fingerprint density at radius 3 is 2.58 bits per heavy atom. The third-order valence-electron chi connectivity index (χ3n) is 2.69. The number of aryl methyl sites for hydroxylation is 1. The molecule has 0 unspecified atom stereocenters. The minimum Gasteiger partial charge on any atom is -0.397 e. The SMILES string of the molecule is CCn1cc(N)cc1C(=O)Nc1c(F)cccc1F. The van der Waals surface area contributed by atoms with Gasteiger partial charge in [-0.05, 0) is 25.1 Å². The third kappa shape index (κ3) is 2.57. The lowest BCUT2D eigenvalue weighted by Gasteiger charge is -2.09. The number of amides is 1. The number of nitrogens with zero attached hydrogens (tertiary/aromatic N) is 1. The second-order valence-electron chi connectivity index (χ2n) is 4.00. The zero-order valence-electron chi connectivity index (χ0n) is 10.3. The molecule has 1 amide bonds. The van der Waals surface area contributed by atoms with Crippen molar-refractivity contribution in [1.29, 1.82) is 0 Å². The predicted molar refractivity (Wildman–Crippen MR) is 68.8 cm³/mol. The number of nitrogen functional groups attached to an aromatic ring is 1. The van der Waals surface area contributed by atoms with Gasteiger partial charge in [0.2, 0.25) is 0 Å². The van der Waals surface area contributed by atoms with Crippen molar-refractivity contribution >= 4 is 17.3 Å². The Kier molecular flexibility index (Phi) is 3.50. The van der Waals surface area contributed by atoms with Crippen LogP contribution < -0.4 is 11.1 Å². The monoisotopic (exact) mass is 265 g/mol. The van der Waals surface area contributed by atoms with Gasteiger partial charge in [0.05, 0.1) is 5.69 Å². The summed E-state index contributed by atoms with van der Waals surface area (Å²) in [6.07, 6.45) is 1.59. The molecule has 1 heterocycles. The fourth-order valence-corrected chi connectivity index (χ4v) is 1.78. The molecule has 0 atom stereocenters. The minimum atomic E-state index is -0.823. The third-order valence-corrected chi connectivity index (χ3v) is 2.69. The van der Waals surface area contributed by atoms with Gasteiger partial charge < -0.3 is 15.6 Å². The number of halogens is 2. The van der Waals surface area contributed by atoms with Crippen molar-refractivity contribution in [2.75, 3.05) is 11.1 Å². The number of anilines is 2. The average molecular weight is 265 g/mol. The van der Waals surface area contributed by atoms with E-state index in [2.05, 4.69) is 5.32 Å². The van der Waals surface area contributed by atoms with E-state index in [1.807, 2.05) is 6.92 Å².